The van der Waals surface area contributed by atoms with Crippen LogP contribution in [0.1, 0.15) is 73.8 Å². The van der Waals surface area contributed by atoms with Gasteiger partial charge >= 0.3 is 0 Å². The van der Waals surface area contributed by atoms with Gasteiger partial charge in [0.1, 0.15) is 5.52 Å². The largest absolute Gasteiger partial charge is 0.425 e. The van der Waals surface area contributed by atoms with E-state index in [1.54, 1.807) is 25.4 Å². The first-order chi connectivity index (χ1) is 16.1. The van der Waals surface area contributed by atoms with E-state index >= 15 is 4.39 Å². The van der Waals surface area contributed by atoms with Crippen molar-refractivity contribution in [2.75, 3.05) is 11.9 Å². The fourth-order valence-corrected chi connectivity index (χ4v) is 4.87. The Balaban J connectivity index is 1.53. The predicted molar refractivity (Wildman–Crippen MR) is 125 cm³/mol. The number of benzene rings is 1. The topological polar surface area (TPSA) is 83.7 Å². The Hall–Kier alpha value is -3.29. The lowest BCUT2D eigenvalue weighted by Gasteiger charge is -2.29. The van der Waals surface area contributed by atoms with Crippen LogP contribution < -0.4 is 4.90 Å². The van der Waals surface area contributed by atoms with Crippen LogP contribution in [-0.4, -0.2) is 38.2 Å². The number of H-pyrrole nitrogens is 1. The molecule has 1 aliphatic rings. The molecular weight excluding hydrogens is 419 g/mol. The highest BCUT2D eigenvalue weighted by Gasteiger charge is 2.28. The monoisotopic (exact) mass is 448 g/mol. The number of pyridine rings is 1. The Kier molecular flexibility index (Phi) is 6.07. The Labute approximate surface area is 192 Å². The molecular formula is C25H29FN6O. The van der Waals surface area contributed by atoms with Gasteiger partial charge in [0.2, 0.25) is 17.7 Å². The highest BCUT2D eigenvalue weighted by Crippen LogP contribution is 2.35. The molecule has 0 amide bonds. The van der Waals surface area contributed by atoms with E-state index in [9.17, 15) is 0 Å². The van der Waals surface area contributed by atoms with Crippen molar-refractivity contribution in [1.29, 1.82) is 0 Å². The quantitative estimate of drug-likeness (QED) is 0.433. The molecule has 0 bridgehead atoms. The highest BCUT2D eigenvalue weighted by molar-refractivity contribution is 5.79. The van der Waals surface area contributed by atoms with Crippen molar-refractivity contribution in [1.82, 2.24) is 25.1 Å². The molecule has 1 aromatic carbocycles. The lowest BCUT2D eigenvalue weighted by molar-refractivity contribution is 0.438. The number of hydrogen-bond acceptors (Lipinski definition) is 6. The van der Waals surface area contributed by atoms with Crippen molar-refractivity contribution in [3.05, 3.63) is 65.4 Å². The van der Waals surface area contributed by atoms with Crippen LogP contribution in [0.2, 0.25) is 0 Å². The molecule has 0 saturated heterocycles. The Morgan fingerprint density at radius 1 is 1.03 bits per heavy atom. The van der Waals surface area contributed by atoms with E-state index in [0.717, 1.165) is 18.4 Å². The maximum absolute atomic E-state index is 15.9. The Morgan fingerprint density at radius 2 is 1.76 bits per heavy atom. The molecule has 0 radical (unpaired) electrons. The summed E-state index contributed by atoms with van der Waals surface area (Å²) in [6.45, 7) is 1.73. The van der Waals surface area contributed by atoms with Crippen molar-refractivity contribution < 1.29 is 8.81 Å². The number of nitrogens with zero attached hydrogens (tertiary/aromatic N) is 5. The molecule has 4 aromatic rings. The maximum atomic E-state index is 15.9. The molecule has 5 rings (SSSR count). The second-order valence-electron chi connectivity index (χ2n) is 8.91. The minimum absolute atomic E-state index is 0.329. The van der Waals surface area contributed by atoms with Crippen LogP contribution in [0.3, 0.4) is 0 Å². The fourth-order valence-electron chi connectivity index (χ4n) is 4.87. The predicted octanol–water partition coefficient (Wildman–Crippen LogP) is 5.52. The number of imidazole rings is 1. The van der Waals surface area contributed by atoms with Gasteiger partial charge in [-0.2, -0.15) is 0 Å². The summed E-state index contributed by atoms with van der Waals surface area (Å²) in [5.41, 5.74) is 2.29. The summed E-state index contributed by atoms with van der Waals surface area (Å²) in [5.74, 6) is 0.578. The molecule has 3 aromatic heterocycles. The van der Waals surface area contributed by atoms with Gasteiger partial charge in [-0.25, -0.2) is 9.37 Å². The Bertz CT molecular complexity index is 1210. The third-order valence-electron chi connectivity index (χ3n) is 6.71. The van der Waals surface area contributed by atoms with E-state index in [1.807, 2.05) is 18.2 Å². The molecule has 7 nitrogen and oxygen atoms in total. The number of aryl methyl sites for hydroxylation is 1. The van der Waals surface area contributed by atoms with E-state index < -0.39 is 5.92 Å². The summed E-state index contributed by atoms with van der Waals surface area (Å²) in [4.78, 5) is 14.3. The maximum Gasteiger partial charge on any atom is 0.228 e. The van der Waals surface area contributed by atoms with E-state index in [-0.39, 0.29) is 5.82 Å². The zero-order valence-electron chi connectivity index (χ0n) is 19.1. The molecule has 3 heterocycles. The van der Waals surface area contributed by atoms with Gasteiger partial charge in [-0.05, 0) is 36.6 Å². The van der Waals surface area contributed by atoms with Crippen LogP contribution in [0, 0.1) is 12.7 Å². The molecule has 8 heteroatoms. The SMILES string of the molecule is Cc1nnc(C(c2ccncc2)c2ccc3[nH]c(N(C)C4CCCCCCC4)nc3c2F)o1. The van der Waals surface area contributed by atoms with Gasteiger partial charge in [0.15, 0.2) is 5.82 Å². The number of fused-ring (bicyclic) bond motifs is 1. The second kappa shape index (κ2) is 9.29. The summed E-state index contributed by atoms with van der Waals surface area (Å²) in [6.07, 6.45) is 12.0. The van der Waals surface area contributed by atoms with Crippen molar-refractivity contribution in [2.45, 2.75) is 63.8 Å². The number of anilines is 1. The average Bonchev–Trinajstić information content (AvgIpc) is 3.43. The first-order valence-electron chi connectivity index (χ1n) is 11.7. The number of aromatic amines is 1. The standard InChI is InChI=1S/C25H29FN6O/c1-16-30-31-24(33-16)21(17-12-14-27-15-13-17)19-10-11-20-23(22(19)26)29-25(28-20)32(2)18-8-6-4-3-5-7-9-18/h10-15,18,21H,3-9H2,1-2H3,(H,28,29). The van der Waals surface area contributed by atoms with E-state index in [0.29, 0.717) is 40.4 Å². The normalized spacial score (nSPS) is 16.5. The van der Waals surface area contributed by atoms with Crippen LogP contribution >= 0.6 is 0 Å². The van der Waals surface area contributed by atoms with Crippen molar-refractivity contribution in [2.24, 2.45) is 0 Å². The molecule has 33 heavy (non-hydrogen) atoms. The molecule has 1 aliphatic carbocycles. The molecule has 0 spiro atoms. The van der Waals surface area contributed by atoms with Crippen molar-refractivity contribution in [3.63, 3.8) is 0 Å². The molecule has 0 aliphatic heterocycles. The van der Waals surface area contributed by atoms with Gasteiger partial charge in [0, 0.05) is 38.0 Å². The lowest BCUT2D eigenvalue weighted by atomic mass is 9.91. The molecule has 1 fully saturated rings. The summed E-state index contributed by atoms with van der Waals surface area (Å²) in [5, 5.41) is 8.15. The molecule has 1 N–H and O–H groups in total. The molecule has 1 saturated carbocycles. The summed E-state index contributed by atoms with van der Waals surface area (Å²) >= 11 is 0. The zero-order chi connectivity index (χ0) is 22.8. The van der Waals surface area contributed by atoms with Gasteiger partial charge in [0.25, 0.3) is 0 Å². The van der Waals surface area contributed by atoms with E-state index in [1.165, 1.54) is 32.1 Å². The average molecular weight is 449 g/mol. The number of nitrogens with one attached hydrogen (secondary N) is 1. The number of rotatable bonds is 5. The summed E-state index contributed by atoms with van der Waals surface area (Å²) in [6, 6.07) is 7.76. The van der Waals surface area contributed by atoms with Gasteiger partial charge in [-0.15, -0.1) is 10.2 Å². The minimum Gasteiger partial charge on any atom is -0.425 e. The first kappa shape index (κ1) is 21.6. The third kappa shape index (κ3) is 4.34. The van der Waals surface area contributed by atoms with Gasteiger partial charge in [-0.1, -0.05) is 38.2 Å². The van der Waals surface area contributed by atoms with Gasteiger partial charge in [0.05, 0.1) is 11.4 Å². The minimum atomic E-state index is -0.540. The van der Waals surface area contributed by atoms with Crippen LogP contribution in [0.15, 0.2) is 41.1 Å². The summed E-state index contributed by atoms with van der Waals surface area (Å²) in [7, 11) is 2.06. The van der Waals surface area contributed by atoms with Gasteiger partial charge in [-0.3, -0.25) is 4.98 Å². The van der Waals surface area contributed by atoms with Crippen molar-refractivity contribution >= 4 is 17.0 Å². The number of halogens is 1. The third-order valence-corrected chi connectivity index (χ3v) is 6.71. The van der Waals surface area contributed by atoms with E-state index in [4.69, 9.17) is 9.40 Å². The Morgan fingerprint density at radius 3 is 2.45 bits per heavy atom. The highest BCUT2D eigenvalue weighted by atomic mass is 19.1. The van der Waals surface area contributed by atoms with Gasteiger partial charge < -0.3 is 14.3 Å². The zero-order valence-corrected chi connectivity index (χ0v) is 19.1. The van der Waals surface area contributed by atoms with E-state index in [2.05, 4.69) is 32.1 Å². The van der Waals surface area contributed by atoms with Crippen LogP contribution in [0.4, 0.5) is 10.3 Å². The summed E-state index contributed by atoms with van der Waals surface area (Å²) < 4.78 is 21.6. The van der Waals surface area contributed by atoms with Crippen molar-refractivity contribution in [3.8, 4) is 0 Å². The van der Waals surface area contributed by atoms with Crippen LogP contribution in [0.25, 0.3) is 11.0 Å². The molecule has 1 atom stereocenters. The van der Waals surface area contributed by atoms with Crippen LogP contribution in [0.5, 0.6) is 0 Å². The molecule has 1 unspecified atom stereocenters. The number of aromatic nitrogens is 5. The molecule has 172 valence electrons. The first-order valence-corrected chi connectivity index (χ1v) is 11.7. The smallest absolute Gasteiger partial charge is 0.228 e. The number of hydrogen-bond donors (Lipinski definition) is 1. The fraction of sp³-hybridized carbons (Fsp3) is 0.440. The van der Waals surface area contributed by atoms with Crippen LogP contribution in [-0.2, 0) is 0 Å². The lowest BCUT2D eigenvalue weighted by Crippen LogP contribution is -2.33. The second-order valence-corrected chi connectivity index (χ2v) is 8.91.